The standard InChI is InChI=1S/C11H22N2O2Si/c1-7-10(4)12-14-16(6,9-3)15-13-11(5)8-2/h9H,3,7-8H2,1-2,4-6H3/b12-10-,13-11+. The molecule has 16 heavy (non-hydrogen) atoms. The normalized spacial score (nSPS) is 16.6. The summed E-state index contributed by atoms with van der Waals surface area (Å²) in [5.41, 5.74) is 3.53. The highest BCUT2D eigenvalue weighted by Gasteiger charge is 2.33. The van der Waals surface area contributed by atoms with E-state index in [1.54, 1.807) is 5.70 Å². The van der Waals surface area contributed by atoms with Crippen LogP contribution in [0.4, 0.5) is 0 Å². The Kier molecular flexibility index (Phi) is 6.72. The molecule has 0 aliphatic carbocycles. The summed E-state index contributed by atoms with van der Waals surface area (Å²) in [6.45, 7) is 13.4. The maximum Gasteiger partial charge on any atom is 0.531 e. The first kappa shape index (κ1) is 14.9. The van der Waals surface area contributed by atoms with Crippen LogP contribution in [0.25, 0.3) is 0 Å². The van der Waals surface area contributed by atoms with Gasteiger partial charge in [0.2, 0.25) is 0 Å². The van der Waals surface area contributed by atoms with Crippen molar-refractivity contribution in [1.82, 2.24) is 0 Å². The van der Waals surface area contributed by atoms with Gasteiger partial charge in [-0.15, -0.1) is 16.9 Å². The highest BCUT2D eigenvalue weighted by Crippen LogP contribution is 2.10. The molecular formula is C11H22N2O2Si. The van der Waals surface area contributed by atoms with Crippen LogP contribution < -0.4 is 0 Å². The van der Waals surface area contributed by atoms with E-state index in [0.717, 1.165) is 24.3 Å². The molecule has 1 unspecified atom stereocenters. The van der Waals surface area contributed by atoms with Gasteiger partial charge in [-0.25, -0.2) is 0 Å². The third-order valence-corrected chi connectivity index (χ3v) is 3.81. The molecule has 0 aromatic heterocycles. The van der Waals surface area contributed by atoms with Crippen molar-refractivity contribution in [2.24, 2.45) is 10.3 Å². The van der Waals surface area contributed by atoms with Crippen molar-refractivity contribution >= 4 is 20.0 Å². The van der Waals surface area contributed by atoms with Gasteiger partial charge in [0.25, 0.3) is 0 Å². The van der Waals surface area contributed by atoms with Gasteiger partial charge in [-0.05, 0) is 32.4 Å². The molecular weight excluding hydrogens is 220 g/mol. The Hall–Kier alpha value is -1.10. The third-order valence-electron chi connectivity index (χ3n) is 2.16. The Morgan fingerprint density at radius 1 is 1.12 bits per heavy atom. The highest BCUT2D eigenvalue weighted by atomic mass is 28.4. The predicted molar refractivity (Wildman–Crippen MR) is 70.8 cm³/mol. The number of hydrogen-bond acceptors (Lipinski definition) is 4. The lowest BCUT2D eigenvalue weighted by molar-refractivity contribution is 0.197. The van der Waals surface area contributed by atoms with Gasteiger partial charge in [-0.3, -0.25) is 0 Å². The fourth-order valence-corrected chi connectivity index (χ4v) is 1.41. The van der Waals surface area contributed by atoms with Gasteiger partial charge in [0.05, 0.1) is 11.4 Å². The molecule has 0 aliphatic heterocycles. The van der Waals surface area contributed by atoms with Crippen LogP contribution >= 0.6 is 0 Å². The Labute approximate surface area is 99.3 Å². The van der Waals surface area contributed by atoms with Crippen molar-refractivity contribution in [3.05, 3.63) is 12.3 Å². The summed E-state index contributed by atoms with van der Waals surface area (Å²) in [5, 5.41) is 8.00. The average Bonchev–Trinajstić information content (AvgIpc) is 2.32. The summed E-state index contributed by atoms with van der Waals surface area (Å²) in [4.78, 5) is 0. The van der Waals surface area contributed by atoms with Crippen LogP contribution in [0.1, 0.15) is 40.5 Å². The van der Waals surface area contributed by atoms with Gasteiger partial charge in [-0.1, -0.05) is 13.8 Å². The van der Waals surface area contributed by atoms with E-state index in [0.29, 0.717) is 0 Å². The molecule has 4 nitrogen and oxygen atoms in total. The maximum atomic E-state index is 5.41. The molecule has 0 amide bonds. The minimum atomic E-state index is -2.49. The van der Waals surface area contributed by atoms with E-state index in [4.69, 9.17) is 9.05 Å². The average molecular weight is 242 g/mol. The zero-order valence-electron chi connectivity index (χ0n) is 10.9. The van der Waals surface area contributed by atoms with Crippen molar-refractivity contribution < 1.29 is 9.05 Å². The molecule has 0 N–H and O–H groups in total. The van der Waals surface area contributed by atoms with Gasteiger partial charge in [0.1, 0.15) is 0 Å². The quantitative estimate of drug-likeness (QED) is 0.390. The van der Waals surface area contributed by atoms with E-state index >= 15 is 0 Å². The first-order valence-electron chi connectivity index (χ1n) is 5.54. The zero-order valence-corrected chi connectivity index (χ0v) is 11.9. The van der Waals surface area contributed by atoms with E-state index < -0.39 is 8.56 Å². The number of rotatable bonds is 7. The SMILES string of the molecule is C=C[Si](C)(O/N=C(/C)CC)O/N=C(\C)CC. The Morgan fingerprint density at radius 3 is 1.75 bits per heavy atom. The second-order valence-electron chi connectivity index (χ2n) is 3.76. The number of hydrogen-bond donors (Lipinski definition) is 0. The Bertz CT molecular complexity index is 266. The van der Waals surface area contributed by atoms with Gasteiger partial charge >= 0.3 is 8.56 Å². The molecule has 0 aromatic carbocycles. The smallest absolute Gasteiger partial charge is 0.404 e. The van der Waals surface area contributed by atoms with Gasteiger partial charge < -0.3 is 9.05 Å². The lowest BCUT2D eigenvalue weighted by atomic mass is 10.3. The van der Waals surface area contributed by atoms with Gasteiger partial charge in [-0.2, -0.15) is 0 Å². The highest BCUT2D eigenvalue weighted by molar-refractivity contribution is 6.71. The summed E-state index contributed by atoms with van der Waals surface area (Å²) in [5.74, 6) is 0. The molecule has 0 fully saturated rings. The van der Waals surface area contributed by atoms with E-state index in [1.807, 2.05) is 34.2 Å². The molecule has 0 aromatic rings. The molecule has 0 saturated carbocycles. The van der Waals surface area contributed by atoms with Gasteiger partial charge in [0.15, 0.2) is 0 Å². The lowest BCUT2D eigenvalue weighted by Crippen LogP contribution is -2.33. The van der Waals surface area contributed by atoms with E-state index in [1.165, 1.54) is 0 Å². The van der Waals surface area contributed by atoms with Gasteiger partial charge in [0, 0.05) is 6.55 Å². The van der Waals surface area contributed by atoms with Crippen LogP contribution in [0.15, 0.2) is 22.6 Å². The lowest BCUT2D eigenvalue weighted by Gasteiger charge is -2.17. The van der Waals surface area contributed by atoms with Crippen molar-refractivity contribution in [2.75, 3.05) is 0 Å². The molecule has 0 spiro atoms. The summed E-state index contributed by atoms with van der Waals surface area (Å²) in [6, 6.07) is 0. The van der Waals surface area contributed by atoms with Crippen LogP contribution in [0, 0.1) is 0 Å². The monoisotopic (exact) mass is 242 g/mol. The van der Waals surface area contributed by atoms with Crippen LogP contribution in [-0.4, -0.2) is 20.0 Å². The summed E-state index contributed by atoms with van der Waals surface area (Å²) >= 11 is 0. The summed E-state index contributed by atoms with van der Waals surface area (Å²) < 4.78 is 10.8. The fourth-order valence-electron chi connectivity index (χ4n) is 0.557. The van der Waals surface area contributed by atoms with Crippen molar-refractivity contribution in [2.45, 2.75) is 47.1 Å². The molecule has 1 atom stereocenters. The van der Waals surface area contributed by atoms with Crippen LogP contribution in [0.5, 0.6) is 0 Å². The first-order chi connectivity index (χ1) is 7.47. The molecule has 0 bridgehead atoms. The Balaban J connectivity index is 4.48. The second-order valence-corrected chi connectivity index (χ2v) is 6.57. The van der Waals surface area contributed by atoms with Crippen molar-refractivity contribution in [3.63, 3.8) is 0 Å². The van der Waals surface area contributed by atoms with Crippen LogP contribution in [0.3, 0.4) is 0 Å². The third kappa shape index (κ3) is 5.70. The molecule has 0 rings (SSSR count). The maximum absolute atomic E-state index is 5.41. The Morgan fingerprint density at radius 2 is 1.50 bits per heavy atom. The largest absolute Gasteiger partial charge is 0.531 e. The first-order valence-corrected chi connectivity index (χ1v) is 7.93. The van der Waals surface area contributed by atoms with Crippen molar-refractivity contribution in [1.29, 1.82) is 0 Å². The zero-order chi connectivity index (χ0) is 12.6. The molecule has 0 aliphatic rings. The number of oxime groups is 2. The fraction of sp³-hybridized carbons (Fsp3) is 0.636. The summed E-state index contributed by atoms with van der Waals surface area (Å²) in [6.07, 6.45) is 1.72. The summed E-state index contributed by atoms with van der Waals surface area (Å²) in [7, 11) is -2.49. The van der Waals surface area contributed by atoms with E-state index in [-0.39, 0.29) is 0 Å². The topological polar surface area (TPSA) is 43.2 Å². The van der Waals surface area contributed by atoms with E-state index in [2.05, 4.69) is 16.9 Å². The minimum Gasteiger partial charge on any atom is -0.404 e. The van der Waals surface area contributed by atoms with Crippen LogP contribution in [0.2, 0.25) is 6.55 Å². The molecule has 92 valence electrons. The van der Waals surface area contributed by atoms with E-state index in [9.17, 15) is 0 Å². The van der Waals surface area contributed by atoms with Crippen LogP contribution in [-0.2, 0) is 9.05 Å². The molecule has 0 saturated heterocycles. The molecule has 5 heteroatoms. The molecule has 0 heterocycles. The predicted octanol–water partition coefficient (Wildman–Crippen LogP) is 3.39. The van der Waals surface area contributed by atoms with Crippen molar-refractivity contribution in [3.8, 4) is 0 Å². The number of nitrogens with zero attached hydrogens (tertiary/aromatic N) is 2. The minimum absolute atomic E-state index is 0.860. The molecule has 0 radical (unpaired) electrons. The second kappa shape index (κ2) is 7.22.